The number of carbonyl (C=O) groups excluding carboxylic acids is 2. The number of nitrogens with one attached hydrogen (secondary N) is 2. The first kappa shape index (κ1) is 47.4. The van der Waals surface area contributed by atoms with E-state index in [9.17, 15) is 14.7 Å². The van der Waals surface area contributed by atoms with Crippen molar-refractivity contribution in [3.8, 4) is 0 Å². The predicted molar refractivity (Wildman–Crippen MR) is 280 cm³/mol. The number of nitrogens with zero attached hydrogens (tertiary/aromatic N) is 4. The second-order valence-corrected chi connectivity index (χ2v) is 21.4. The Bertz CT molecular complexity index is 2840. The molecule has 3 aliphatic heterocycles. The number of carboxylic acid groups (broad SMARTS) is 1. The Kier molecular flexibility index (Phi) is 13.9. The van der Waals surface area contributed by atoms with Crippen molar-refractivity contribution < 1.29 is 24.3 Å². The number of thiazole rings is 1. The summed E-state index contributed by atoms with van der Waals surface area (Å²) in [5.74, 6) is -1.39. The summed E-state index contributed by atoms with van der Waals surface area (Å²) in [6, 6.07) is 58.9. The van der Waals surface area contributed by atoms with Gasteiger partial charge in [-0.25, -0.2) is 10.4 Å². The van der Waals surface area contributed by atoms with Gasteiger partial charge in [-0.2, -0.15) is 0 Å². The van der Waals surface area contributed by atoms with E-state index in [1.165, 1.54) is 51.5 Å². The molecule has 2 fully saturated rings. The maximum atomic E-state index is 15.4. The number of oxime groups is 1. The summed E-state index contributed by atoms with van der Waals surface area (Å²) in [7, 11) is 0. The van der Waals surface area contributed by atoms with Crippen molar-refractivity contribution in [1.82, 2.24) is 25.6 Å². The molecule has 10 rings (SSSR count). The van der Waals surface area contributed by atoms with Gasteiger partial charge < -0.3 is 20.2 Å². The second-order valence-electron chi connectivity index (χ2n) is 16.7. The summed E-state index contributed by atoms with van der Waals surface area (Å²) < 4.78 is -0.653. The van der Waals surface area contributed by atoms with Crippen LogP contribution < -0.4 is 10.7 Å². The average Bonchev–Trinajstić information content (AvgIpc) is 4.08. The average molecular weight is 1020 g/mol. The van der Waals surface area contributed by atoms with Gasteiger partial charge in [0.05, 0.1) is 32.9 Å². The van der Waals surface area contributed by atoms with Crippen LogP contribution >= 0.6 is 58.2 Å². The van der Waals surface area contributed by atoms with E-state index in [1.54, 1.807) is 5.51 Å². The quantitative estimate of drug-likeness (QED) is 0.0265. The van der Waals surface area contributed by atoms with Crippen molar-refractivity contribution in [3.05, 3.63) is 238 Å². The number of alkyl halides is 1. The van der Waals surface area contributed by atoms with E-state index in [0.29, 0.717) is 21.5 Å². The van der Waals surface area contributed by atoms with Gasteiger partial charge in [-0.3, -0.25) is 19.4 Å². The molecule has 0 spiro atoms. The fourth-order valence-corrected chi connectivity index (χ4v) is 14.4. The number of aromatic nitrogens is 1. The first-order chi connectivity index (χ1) is 34.3. The molecule has 16 heteroatoms. The number of fused-ring (bicyclic) bond motifs is 1. The zero-order valence-electron chi connectivity index (χ0n) is 37.3. The number of hydrazine groups is 1. The highest BCUT2D eigenvalue weighted by molar-refractivity contribution is 8.06. The molecule has 4 heterocycles. The standard InChI is InChI=1S/C54H45ClN6O5S4/c55-31-43-50(69-35-56-43)70-52(51(64)65)33-60-48(63)46(49(60)68-34-52)57-47(62)45(58-66-54(40-25-13-4-14-26-40,41-27-15-5-16-28-41)42-29-17-6-18-30-42)44-32-67-36-61(44)59-53(37-19-7-1-8-20-37,38-21-9-2-10-22-38)39-23-11-3-12-24-39/h1-30,32,35,46,49,59H,31,33-34,36H2,(H,57,62)(H,64,65)/t46-,49-,52?/m1/s1. The minimum atomic E-state index is -1.35. The third-order valence-electron chi connectivity index (χ3n) is 12.6. The van der Waals surface area contributed by atoms with E-state index in [1.807, 2.05) is 156 Å². The number of aliphatic carboxylic acids is 1. The number of β-lactam (4-membered cyclic amide) rings is 1. The number of hydrogen-bond donors (Lipinski definition) is 3. The number of benzene rings is 6. The Morgan fingerprint density at radius 2 is 1.26 bits per heavy atom. The summed E-state index contributed by atoms with van der Waals surface area (Å²) in [5.41, 5.74) is 9.38. The number of carbonyl (C=O) groups is 3. The van der Waals surface area contributed by atoms with Gasteiger partial charge in [0.1, 0.15) is 21.7 Å². The SMILES string of the molecule is O=C(N[C@@H]1C(=O)N2CC(Sc3scnc3CCl)(C(=O)O)CS[C@H]12)C(=NOC(c1ccccc1)(c1ccccc1)c1ccccc1)C1=CSCN1NC(c1ccccc1)(c1ccccc1)c1ccccc1. The molecule has 3 atom stereocenters. The lowest BCUT2D eigenvalue weighted by molar-refractivity contribution is -0.151. The van der Waals surface area contributed by atoms with Crippen LogP contribution in [0.15, 0.2) is 208 Å². The zero-order valence-corrected chi connectivity index (χ0v) is 41.4. The number of rotatable bonds is 17. The van der Waals surface area contributed by atoms with E-state index in [4.69, 9.17) is 21.6 Å². The molecule has 3 N–H and O–H groups in total. The van der Waals surface area contributed by atoms with E-state index < -0.39 is 45.1 Å². The summed E-state index contributed by atoms with van der Waals surface area (Å²) in [5, 5.41) is 21.9. The van der Waals surface area contributed by atoms with Gasteiger partial charge in [0, 0.05) is 34.4 Å². The summed E-state index contributed by atoms with van der Waals surface area (Å²) in [6.07, 6.45) is 0. The van der Waals surface area contributed by atoms with Crippen molar-refractivity contribution in [2.75, 3.05) is 18.2 Å². The van der Waals surface area contributed by atoms with Crippen LogP contribution in [0, 0.1) is 0 Å². The van der Waals surface area contributed by atoms with Gasteiger partial charge in [-0.15, -0.1) is 46.5 Å². The van der Waals surface area contributed by atoms with Crippen LogP contribution in [0.1, 0.15) is 39.1 Å². The molecule has 70 heavy (non-hydrogen) atoms. The van der Waals surface area contributed by atoms with E-state index in [0.717, 1.165) is 33.4 Å². The highest BCUT2D eigenvalue weighted by atomic mass is 35.5. The fourth-order valence-electron chi connectivity index (χ4n) is 9.16. The Labute approximate surface area is 427 Å². The van der Waals surface area contributed by atoms with Crippen molar-refractivity contribution in [2.45, 2.75) is 37.4 Å². The molecule has 1 unspecified atom stereocenters. The minimum Gasteiger partial charge on any atom is -0.480 e. The molecule has 6 aromatic carbocycles. The maximum absolute atomic E-state index is 15.4. The van der Waals surface area contributed by atoms with Crippen molar-refractivity contribution in [1.29, 1.82) is 0 Å². The molecular formula is C54H45ClN6O5S4. The van der Waals surface area contributed by atoms with Crippen molar-refractivity contribution >= 4 is 81.7 Å². The van der Waals surface area contributed by atoms with Crippen LogP contribution in [0.4, 0.5) is 0 Å². The number of halogens is 1. The zero-order chi connectivity index (χ0) is 48.1. The van der Waals surface area contributed by atoms with Crippen LogP contribution in [0.25, 0.3) is 0 Å². The molecule has 0 bridgehead atoms. The molecule has 2 saturated heterocycles. The number of carboxylic acids is 1. The molecule has 352 valence electrons. The Balaban J connectivity index is 1.06. The van der Waals surface area contributed by atoms with E-state index >= 15 is 4.79 Å². The van der Waals surface area contributed by atoms with Crippen LogP contribution in [-0.2, 0) is 36.2 Å². The van der Waals surface area contributed by atoms with Crippen LogP contribution in [-0.4, -0.2) is 77.8 Å². The third kappa shape index (κ3) is 8.79. The molecule has 3 aliphatic rings. The molecule has 0 radical (unpaired) electrons. The minimum absolute atomic E-state index is 0.0622. The van der Waals surface area contributed by atoms with Gasteiger partial charge in [-0.05, 0) is 16.7 Å². The Morgan fingerprint density at radius 1 is 0.771 bits per heavy atom. The van der Waals surface area contributed by atoms with Crippen LogP contribution in [0.3, 0.4) is 0 Å². The molecule has 2 amide bonds. The summed E-state index contributed by atoms with van der Waals surface area (Å²) in [6.45, 7) is -0.0622. The van der Waals surface area contributed by atoms with Gasteiger partial charge in [0.25, 0.3) is 5.91 Å². The summed E-state index contributed by atoms with van der Waals surface area (Å²) in [4.78, 5) is 55.5. The van der Waals surface area contributed by atoms with Gasteiger partial charge in [-0.1, -0.05) is 199 Å². The van der Waals surface area contributed by atoms with Crippen LogP contribution in [0.2, 0.25) is 0 Å². The molecule has 11 nitrogen and oxygen atoms in total. The van der Waals surface area contributed by atoms with Crippen molar-refractivity contribution in [2.24, 2.45) is 5.16 Å². The Hall–Kier alpha value is -6.33. The number of amides is 2. The van der Waals surface area contributed by atoms with E-state index in [-0.39, 0.29) is 23.9 Å². The summed E-state index contributed by atoms with van der Waals surface area (Å²) >= 11 is 11.4. The molecule has 0 saturated carbocycles. The lowest BCUT2D eigenvalue weighted by Crippen LogP contribution is -2.75. The van der Waals surface area contributed by atoms with E-state index in [2.05, 4.69) is 52.1 Å². The molecule has 7 aromatic rings. The number of thioether (sulfide) groups is 3. The normalized spacial score (nSPS) is 19.2. The topological polar surface area (TPSA) is 136 Å². The predicted octanol–water partition coefficient (Wildman–Crippen LogP) is 9.91. The van der Waals surface area contributed by atoms with Gasteiger partial charge in [0.2, 0.25) is 11.5 Å². The van der Waals surface area contributed by atoms with Crippen molar-refractivity contribution in [3.63, 3.8) is 0 Å². The first-order valence-electron chi connectivity index (χ1n) is 22.4. The third-order valence-corrected chi connectivity index (χ3v) is 17.9. The lowest BCUT2D eigenvalue weighted by atomic mass is 9.77. The highest BCUT2D eigenvalue weighted by Gasteiger charge is 2.58. The lowest BCUT2D eigenvalue weighted by Gasteiger charge is -2.53. The van der Waals surface area contributed by atoms with Gasteiger partial charge in [0.15, 0.2) is 5.71 Å². The molecule has 0 aliphatic carbocycles. The number of hydrogen-bond acceptors (Lipinski definition) is 12. The fraction of sp³-hybridized carbons (Fsp3) is 0.167. The highest BCUT2D eigenvalue weighted by Crippen LogP contribution is 2.49. The smallest absolute Gasteiger partial charge is 0.322 e. The molecule has 1 aromatic heterocycles. The monoisotopic (exact) mass is 1020 g/mol. The molecular weight excluding hydrogens is 976 g/mol. The van der Waals surface area contributed by atoms with Crippen LogP contribution in [0.5, 0.6) is 0 Å². The van der Waals surface area contributed by atoms with Gasteiger partial charge >= 0.3 is 5.97 Å². The second kappa shape index (κ2) is 20.6. The maximum Gasteiger partial charge on any atom is 0.322 e. The Morgan fingerprint density at radius 3 is 1.73 bits per heavy atom. The largest absolute Gasteiger partial charge is 0.480 e. The first-order valence-corrected chi connectivity index (χ1v) is 26.7.